The maximum absolute atomic E-state index is 8.38. The average molecular weight is 131 g/mol. The molecule has 9 heavy (non-hydrogen) atoms. The minimum Gasteiger partial charge on any atom is -0.427 e. The molecule has 0 aliphatic rings. The van der Waals surface area contributed by atoms with Gasteiger partial charge in [0.2, 0.25) is 0 Å². The van der Waals surface area contributed by atoms with E-state index in [-0.39, 0.29) is 0 Å². The number of rotatable bonds is 4. The summed E-state index contributed by atoms with van der Waals surface area (Å²) in [5, 5.41) is 19.8. The van der Waals surface area contributed by atoms with Crippen molar-refractivity contribution < 1.29 is 10.0 Å². The van der Waals surface area contributed by atoms with Crippen molar-refractivity contribution in [3.63, 3.8) is 0 Å². The topological polar surface area (TPSA) is 52.5 Å². The molecule has 0 saturated carbocycles. The molecular formula is C5H14BNO2. The fourth-order valence-corrected chi connectivity index (χ4v) is 0.501. The first kappa shape index (κ1) is 8.94. The van der Waals surface area contributed by atoms with E-state index in [9.17, 15) is 0 Å². The smallest absolute Gasteiger partial charge is 0.427 e. The molecule has 0 aromatic carbocycles. The van der Waals surface area contributed by atoms with Gasteiger partial charge in [-0.25, -0.2) is 0 Å². The molecule has 0 atom stereocenters. The van der Waals surface area contributed by atoms with Crippen LogP contribution in [0.15, 0.2) is 0 Å². The van der Waals surface area contributed by atoms with E-state index >= 15 is 0 Å². The Balaban J connectivity index is 2.91. The third-order valence-corrected chi connectivity index (χ3v) is 0.955. The van der Waals surface area contributed by atoms with Crippen LogP contribution in [0.5, 0.6) is 0 Å². The molecule has 0 aliphatic carbocycles. The van der Waals surface area contributed by atoms with Crippen molar-refractivity contribution in [2.45, 2.75) is 26.2 Å². The first-order valence-corrected chi connectivity index (χ1v) is 3.22. The Labute approximate surface area is 56.2 Å². The van der Waals surface area contributed by atoms with Crippen LogP contribution in [0.1, 0.15) is 13.8 Å². The average Bonchev–Trinajstić information content (AvgIpc) is 1.63. The molecule has 4 heteroatoms. The lowest BCUT2D eigenvalue weighted by Crippen LogP contribution is -2.27. The fourth-order valence-electron chi connectivity index (χ4n) is 0.501. The lowest BCUT2D eigenvalue weighted by atomic mass is 9.86. The van der Waals surface area contributed by atoms with Crippen molar-refractivity contribution in [1.82, 2.24) is 5.32 Å². The van der Waals surface area contributed by atoms with Crippen molar-refractivity contribution in [1.29, 1.82) is 0 Å². The zero-order valence-electron chi connectivity index (χ0n) is 5.96. The minimum absolute atomic E-state index is 0.401. The van der Waals surface area contributed by atoms with Crippen LogP contribution in [-0.2, 0) is 0 Å². The van der Waals surface area contributed by atoms with Gasteiger partial charge in [-0.15, -0.1) is 0 Å². The minimum atomic E-state index is -1.17. The van der Waals surface area contributed by atoms with Crippen LogP contribution in [0.2, 0.25) is 6.32 Å². The van der Waals surface area contributed by atoms with E-state index in [1.165, 1.54) is 0 Å². The molecule has 0 bridgehead atoms. The molecule has 0 aromatic rings. The predicted octanol–water partition coefficient (Wildman–Crippen LogP) is -0.543. The predicted molar refractivity (Wildman–Crippen MR) is 38.1 cm³/mol. The van der Waals surface area contributed by atoms with Gasteiger partial charge in [0.25, 0.3) is 0 Å². The molecule has 0 radical (unpaired) electrons. The molecule has 0 rings (SSSR count). The number of nitrogens with one attached hydrogen (secondary N) is 1. The van der Waals surface area contributed by atoms with E-state index in [0.29, 0.717) is 18.9 Å². The molecule has 0 saturated heterocycles. The van der Waals surface area contributed by atoms with Crippen molar-refractivity contribution in [2.75, 3.05) is 6.54 Å². The van der Waals surface area contributed by atoms with E-state index < -0.39 is 7.12 Å². The maximum atomic E-state index is 8.38. The zero-order chi connectivity index (χ0) is 7.28. The molecular weight excluding hydrogens is 117 g/mol. The summed E-state index contributed by atoms with van der Waals surface area (Å²) in [6.45, 7) is 4.70. The Morgan fingerprint density at radius 3 is 2.33 bits per heavy atom. The Hall–Kier alpha value is -0.0551. The molecule has 0 aliphatic heterocycles. The number of hydrogen-bond acceptors (Lipinski definition) is 3. The van der Waals surface area contributed by atoms with Gasteiger partial charge in [-0.05, 0) is 12.9 Å². The second kappa shape index (κ2) is 4.79. The Morgan fingerprint density at radius 2 is 2.00 bits per heavy atom. The van der Waals surface area contributed by atoms with Crippen LogP contribution in [-0.4, -0.2) is 29.8 Å². The SMILES string of the molecule is CC(C)NCCB(O)O. The highest BCUT2D eigenvalue weighted by Crippen LogP contribution is 1.82. The largest absolute Gasteiger partial charge is 0.452 e. The second-order valence-electron chi connectivity index (χ2n) is 2.38. The van der Waals surface area contributed by atoms with Gasteiger partial charge in [-0.2, -0.15) is 0 Å². The molecule has 0 unspecified atom stereocenters. The van der Waals surface area contributed by atoms with E-state index in [1.54, 1.807) is 0 Å². The molecule has 0 amide bonds. The molecule has 3 nitrogen and oxygen atoms in total. The van der Waals surface area contributed by atoms with E-state index in [2.05, 4.69) is 5.32 Å². The van der Waals surface area contributed by atoms with E-state index in [0.717, 1.165) is 0 Å². The maximum Gasteiger partial charge on any atom is 0.452 e. The Bertz CT molecular complexity index is 60.0. The third-order valence-electron chi connectivity index (χ3n) is 0.955. The lowest BCUT2D eigenvalue weighted by Gasteiger charge is -2.05. The summed E-state index contributed by atoms with van der Waals surface area (Å²) in [4.78, 5) is 0. The highest BCUT2D eigenvalue weighted by Gasteiger charge is 2.04. The van der Waals surface area contributed by atoms with E-state index in [4.69, 9.17) is 10.0 Å². The zero-order valence-corrected chi connectivity index (χ0v) is 5.96. The van der Waals surface area contributed by atoms with Crippen molar-refractivity contribution in [2.24, 2.45) is 0 Å². The lowest BCUT2D eigenvalue weighted by molar-refractivity contribution is 0.401. The summed E-state index contributed by atoms with van der Waals surface area (Å²) in [5.41, 5.74) is 0. The molecule has 0 fully saturated rings. The monoisotopic (exact) mass is 131 g/mol. The summed E-state index contributed by atoms with van der Waals surface area (Å²) in [6.07, 6.45) is 0.401. The quantitative estimate of drug-likeness (QED) is 0.449. The highest BCUT2D eigenvalue weighted by atomic mass is 16.4. The van der Waals surface area contributed by atoms with Gasteiger partial charge in [-0.1, -0.05) is 13.8 Å². The van der Waals surface area contributed by atoms with Gasteiger partial charge < -0.3 is 15.4 Å². The molecule has 0 spiro atoms. The standard InChI is InChI=1S/C5H14BNO2/c1-5(2)7-4-3-6(8)9/h5,7-9H,3-4H2,1-2H3. The second-order valence-corrected chi connectivity index (χ2v) is 2.38. The Morgan fingerprint density at radius 1 is 1.44 bits per heavy atom. The highest BCUT2D eigenvalue weighted by molar-refractivity contribution is 6.41. The Kier molecular flexibility index (Phi) is 4.76. The molecule has 0 aromatic heterocycles. The van der Waals surface area contributed by atoms with Crippen molar-refractivity contribution in [3.05, 3.63) is 0 Å². The van der Waals surface area contributed by atoms with Crippen molar-refractivity contribution in [3.8, 4) is 0 Å². The van der Waals surface area contributed by atoms with Gasteiger partial charge in [0.15, 0.2) is 0 Å². The first-order chi connectivity index (χ1) is 4.13. The van der Waals surface area contributed by atoms with Crippen LogP contribution in [0.3, 0.4) is 0 Å². The summed E-state index contributed by atoms with van der Waals surface area (Å²) in [7, 11) is -1.17. The van der Waals surface area contributed by atoms with Crippen LogP contribution < -0.4 is 5.32 Å². The first-order valence-electron chi connectivity index (χ1n) is 3.22. The summed E-state index contributed by atoms with van der Waals surface area (Å²) in [5.74, 6) is 0. The third kappa shape index (κ3) is 7.94. The van der Waals surface area contributed by atoms with Crippen LogP contribution in [0.25, 0.3) is 0 Å². The van der Waals surface area contributed by atoms with Gasteiger partial charge in [0, 0.05) is 6.04 Å². The van der Waals surface area contributed by atoms with Gasteiger partial charge in [0.05, 0.1) is 0 Å². The van der Waals surface area contributed by atoms with Gasteiger partial charge in [-0.3, -0.25) is 0 Å². The summed E-state index contributed by atoms with van der Waals surface area (Å²) >= 11 is 0. The van der Waals surface area contributed by atoms with Crippen LogP contribution >= 0.6 is 0 Å². The number of hydrogen-bond donors (Lipinski definition) is 3. The fraction of sp³-hybridized carbons (Fsp3) is 1.00. The molecule has 54 valence electrons. The summed E-state index contributed by atoms with van der Waals surface area (Å²) < 4.78 is 0. The van der Waals surface area contributed by atoms with Gasteiger partial charge >= 0.3 is 7.12 Å². The van der Waals surface area contributed by atoms with Crippen LogP contribution in [0, 0.1) is 0 Å². The summed E-state index contributed by atoms with van der Waals surface area (Å²) in [6, 6.07) is 0.420. The van der Waals surface area contributed by atoms with Gasteiger partial charge in [0.1, 0.15) is 0 Å². The normalized spacial score (nSPS) is 10.3. The van der Waals surface area contributed by atoms with Crippen molar-refractivity contribution >= 4 is 7.12 Å². The molecule has 3 N–H and O–H groups in total. The molecule has 0 heterocycles. The van der Waals surface area contributed by atoms with E-state index in [1.807, 2.05) is 13.8 Å². The van der Waals surface area contributed by atoms with Crippen LogP contribution in [0.4, 0.5) is 0 Å².